The maximum Gasteiger partial charge on any atom is 0.331 e. The first kappa shape index (κ1) is 40.5. The third kappa shape index (κ3) is 6.95. The molecule has 7 fully saturated rings. The van der Waals surface area contributed by atoms with Crippen LogP contribution in [0, 0.1) is 34.5 Å². The minimum absolute atomic E-state index is 0.0452. The fourth-order valence-corrected chi connectivity index (χ4v) is 12.8. The van der Waals surface area contributed by atoms with E-state index in [2.05, 4.69) is 6.92 Å². The monoisotopic (exact) mass is 780 g/mol. The average molecular weight is 781 g/mol. The highest BCUT2D eigenvalue weighted by Crippen LogP contribution is 2.70. The van der Waals surface area contributed by atoms with Crippen LogP contribution in [0.3, 0.4) is 0 Å². The lowest BCUT2D eigenvalue weighted by molar-refractivity contribution is -0.336. The summed E-state index contributed by atoms with van der Waals surface area (Å²) in [5.74, 6) is 0.204. The first-order valence-electron chi connectivity index (χ1n) is 20.9. The van der Waals surface area contributed by atoms with Crippen molar-refractivity contribution in [2.45, 2.75) is 197 Å². The summed E-state index contributed by atoms with van der Waals surface area (Å²) in [4.78, 5) is 11.9. The molecule has 0 bridgehead atoms. The minimum Gasteiger partial charge on any atom is -0.458 e. The molecule has 21 atom stereocenters. The molecule has 4 saturated carbocycles. The Bertz CT molecular complexity index is 1410. The van der Waals surface area contributed by atoms with Crippen molar-refractivity contribution in [2.75, 3.05) is 6.61 Å². The second kappa shape index (κ2) is 15.1. The Labute approximate surface area is 323 Å². The quantitative estimate of drug-likeness (QED) is 0.162. The third-order valence-corrected chi connectivity index (χ3v) is 16.0. The van der Waals surface area contributed by atoms with Gasteiger partial charge in [0.2, 0.25) is 0 Å². The molecule has 3 saturated heterocycles. The molecule has 0 aromatic carbocycles. The van der Waals surface area contributed by atoms with Gasteiger partial charge in [0.25, 0.3) is 0 Å². The van der Waals surface area contributed by atoms with Gasteiger partial charge >= 0.3 is 5.97 Å². The van der Waals surface area contributed by atoms with Crippen molar-refractivity contribution >= 4 is 5.97 Å². The Kier molecular flexibility index (Phi) is 11.1. The summed E-state index contributed by atoms with van der Waals surface area (Å²) >= 11 is 0. The lowest BCUT2D eigenvalue weighted by atomic mass is 9.42. The number of aliphatic hydroxyl groups excluding tert-OH is 5. The molecule has 0 aromatic rings. The fraction of sp³-hybridized carbons (Fsp3) is 0.927. The topological polar surface area (TPSA) is 203 Å². The number of aliphatic hydroxyl groups is 6. The van der Waals surface area contributed by atoms with Gasteiger partial charge in [-0.15, -0.1) is 0 Å². The predicted molar refractivity (Wildman–Crippen MR) is 193 cm³/mol. The van der Waals surface area contributed by atoms with Crippen LogP contribution >= 0.6 is 0 Å². The summed E-state index contributed by atoms with van der Waals surface area (Å²) < 4.78 is 42.1. The van der Waals surface area contributed by atoms with Gasteiger partial charge in [-0.05, 0) is 107 Å². The van der Waals surface area contributed by atoms with Crippen molar-refractivity contribution in [1.82, 2.24) is 0 Å². The molecule has 312 valence electrons. The molecular weight excluding hydrogens is 716 g/mol. The molecule has 55 heavy (non-hydrogen) atoms. The van der Waals surface area contributed by atoms with Gasteiger partial charge in [0.05, 0.1) is 54.4 Å². The van der Waals surface area contributed by atoms with E-state index in [-0.39, 0.29) is 61.1 Å². The van der Waals surface area contributed by atoms with Crippen LogP contribution in [-0.2, 0) is 38.0 Å². The third-order valence-electron chi connectivity index (χ3n) is 16.0. The zero-order valence-electron chi connectivity index (χ0n) is 32.9. The molecule has 8 rings (SSSR count). The van der Waals surface area contributed by atoms with E-state index < -0.39 is 90.9 Å². The number of carbonyl (C=O) groups is 1. The molecule has 14 nitrogen and oxygen atoms in total. The molecule has 0 unspecified atom stereocenters. The van der Waals surface area contributed by atoms with E-state index in [1.54, 1.807) is 19.9 Å². The van der Waals surface area contributed by atoms with Crippen LogP contribution in [0.4, 0.5) is 0 Å². The van der Waals surface area contributed by atoms with Crippen LogP contribution in [0.1, 0.15) is 105 Å². The van der Waals surface area contributed by atoms with Crippen LogP contribution < -0.4 is 0 Å². The Morgan fingerprint density at radius 3 is 1.87 bits per heavy atom. The van der Waals surface area contributed by atoms with E-state index >= 15 is 0 Å². The molecule has 6 N–H and O–H groups in total. The van der Waals surface area contributed by atoms with Gasteiger partial charge in [-0.25, -0.2) is 4.79 Å². The van der Waals surface area contributed by atoms with E-state index in [1.165, 1.54) is 0 Å². The molecule has 4 aliphatic heterocycles. The van der Waals surface area contributed by atoms with E-state index in [9.17, 15) is 35.4 Å². The summed E-state index contributed by atoms with van der Waals surface area (Å²) in [6.45, 7) is 9.90. The Hall–Kier alpha value is -1.27. The molecule has 4 heterocycles. The van der Waals surface area contributed by atoms with Crippen LogP contribution in [-0.4, -0.2) is 135 Å². The van der Waals surface area contributed by atoms with Crippen LogP contribution in [0.2, 0.25) is 0 Å². The van der Waals surface area contributed by atoms with Gasteiger partial charge in [0, 0.05) is 30.8 Å². The van der Waals surface area contributed by atoms with Crippen LogP contribution in [0.5, 0.6) is 0 Å². The maximum absolute atomic E-state index is 12.6. The maximum atomic E-state index is 12.6. The number of esters is 1. The number of fused-ring (bicyclic) bond motifs is 5. The first-order valence-corrected chi connectivity index (χ1v) is 20.9. The molecule has 14 heteroatoms. The van der Waals surface area contributed by atoms with E-state index in [0.717, 1.165) is 44.1 Å². The zero-order valence-corrected chi connectivity index (χ0v) is 32.9. The molecule has 0 aromatic heterocycles. The lowest BCUT2D eigenvalue weighted by Crippen LogP contribution is -2.67. The SMILES string of the molecule is C[C@H]1O[C@H](O[C@H]2[C@@H](O)C[C@@H](O[C@@H]3[C@@H](O)C[C@H](O[C@H]4CC[C@@]5(C)[C@@H](CC[C@@H]6[C@@H]5C[C@@H](O)[C@]5(C)[C@@H](C7=CC(=O)OC7)CC[C@]65O)C4)O[C@@H]3C)O[C@@H]2C)C[C@H](O)[C@@H]1O. The van der Waals surface area contributed by atoms with E-state index in [1.807, 2.05) is 13.8 Å². The molecule has 0 radical (unpaired) electrons. The number of hydrogen-bond donors (Lipinski definition) is 6. The molecule has 8 aliphatic rings. The van der Waals surface area contributed by atoms with Crippen LogP contribution in [0.25, 0.3) is 0 Å². The van der Waals surface area contributed by atoms with Gasteiger partial charge in [0.15, 0.2) is 18.9 Å². The van der Waals surface area contributed by atoms with E-state index in [4.69, 9.17) is 33.2 Å². The minimum atomic E-state index is -1.01. The van der Waals surface area contributed by atoms with Crippen molar-refractivity contribution in [1.29, 1.82) is 0 Å². The van der Waals surface area contributed by atoms with Gasteiger partial charge in [-0.2, -0.15) is 0 Å². The highest BCUT2D eigenvalue weighted by molar-refractivity contribution is 5.85. The molecular formula is C41H64O14. The van der Waals surface area contributed by atoms with Crippen molar-refractivity contribution in [3.8, 4) is 0 Å². The molecule has 0 amide bonds. The Morgan fingerprint density at radius 2 is 1.29 bits per heavy atom. The fourth-order valence-electron chi connectivity index (χ4n) is 12.8. The van der Waals surface area contributed by atoms with Crippen molar-refractivity contribution in [3.63, 3.8) is 0 Å². The van der Waals surface area contributed by atoms with Crippen LogP contribution in [0.15, 0.2) is 11.6 Å². The van der Waals surface area contributed by atoms with Gasteiger partial charge in [-0.3, -0.25) is 0 Å². The summed E-state index contributed by atoms with van der Waals surface area (Å²) in [5, 5.41) is 66.9. The van der Waals surface area contributed by atoms with Crippen molar-refractivity contribution in [2.24, 2.45) is 34.5 Å². The average Bonchev–Trinajstić information content (AvgIpc) is 3.67. The number of ether oxygens (including phenoxy) is 7. The van der Waals surface area contributed by atoms with Gasteiger partial charge in [-0.1, -0.05) is 13.8 Å². The summed E-state index contributed by atoms with van der Waals surface area (Å²) in [6, 6.07) is 0. The summed E-state index contributed by atoms with van der Waals surface area (Å²) in [7, 11) is 0. The number of rotatable bonds is 7. The largest absolute Gasteiger partial charge is 0.458 e. The Morgan fingerprint density at radius 1 is 0.691 bits per heavy atom. The summed E-state index contributed by atoms with van der Waals surface area (Å²) in [5.41, 5.74) is -0.892. The van der Waals surface area contributed by atoms with Gasteiger partial charge < -0.3 is 63.8 Å². The second-order valence-corrected chi connectivity index (χ2v) is 18.8. The number of cyclic esters (lactones) is 1. The lowest BCUT2D eigenvalue weighted by Gasteiger charge is -2.65. The Balaban J connectivity index is 0.837. The first-order chi connectivity index (χ1) is 26.0. The van der Waals surface area contributed by atoms with Gasteiger partial charge in [0.1, 0.15) is 24.9 Å². The van der Waals surface area contributed by atoms with Crippen molar-refractivity contribution < 1.29 is 68.6 Å². The van der Waals surface area contributed by atoms with Crippen molar-refractivity contribution in [3.05, 3.63) is 11.6 Å². The highest BCUT2D eigenvalue weighted by Gasteiger charge is 2.71. The molecule has 4 aliphatic carbocycles. The molecule has 0 spiro atoms. The smallest absolute Gasteiger partial charge is 0.331 e. The second-order valence-electron chi connectivity index (χ2n) is 18.8. The number of carbonyl (C=O) groups excluding carboxylic acids is 1. The zero-order chi connectivity index (χ0) is 39.2. The number of hydrogen-bond acceptors (Lipinski definition) is 14. The summed E-state index contributed by atoms with van der Waals surface area (Å²) in [6.07, 6.45) is -1.51. The van der Waals surface area contributed by atoms with E-state index in [0.29, 0.717) is 18.8 Å². The predicted octanol–water partition coefficient (Wildman–Crippen LogP) is 2.22. The normalized spacial score (nSPS) is 55.5. The standard InChI is InChI=1S/C41H64O14/c1-19-36(47)28(42)15-34(50-19)54-38-21(3)52-35(17-30(38)44)55-37-20(2)51-33(16-29(37)43)53-24-8-10-39(4)23(13-24)6-7-26-27(39)14-31(45)40(5)25(9-11-41(26,40)48)22-12-32(46)49-18-22/h12,19-21,23-31,33-38,42-45,47-48H,6-11,13-18H2,1-5H3/t19-,20-,21-,23+,24+,25-,26-,27+,28+,29+,30+,31-,33+,34-,35-,36-,37+,38-,39+,40+,41+/m1/s1. The highest BCUT2D eigenvalue weighted by atomic mass is 16.7.